The molecule has 0 heterocycles. The van der Waals surface area contributed by atoms with Gasteiger partial charge in [0.25, 0.3) is 0 Å². The maximum Gasteiger partial charge on any atom is 0.150 e. The molecule has 0 radical (unpaired) electrons. The van der Waals surface area contributed by atoms with Gasteiger partial charge in [0.05, 0.1) is 6.04 Å². The van der Waals surface area contributed by atoms with Crippen LogP contribution in [-0.2, 0) is 4.79 Å². The molecule has 1 atom stereocenters. The SMILES string of the molecule is CCC(=O)[C@@H](CS)NC. The van der Waals surface area contributed by atoms with Crippen LogP contribution in [0.1, 0.15) is 13.3 Å². The van der Waals surface area contributed by atoms with Crippen LogP contribution in [0.4, 0.5) is 0 Å². The van der Waals surface area contributed by atoms with Crippen LogP contribution in [-0.4, -0.2) is 24.6 Å². The third-order valence-electron chi connectivity index (χ3n) is 1.27. The van der Waals surface area contributed by atoms with Gasteiger partial charge in [0.2, 0.25) is 0 Å². The van der Waals surface area contributed by atoms with Gasteiger partial charge in [-0.3, -0.25) is 4.79 Å². The summed E-state index contributed by atoms with van der Waals surface area (Å²) in [6, 6.07) is -0.0571. The molecule has 2 nitrogen and oxygen atoms in total. The highest BCUT2D eigenvalue weighted by Crippen LogP contribution is 1.92. The maximum atomic E-state index is 10.9. The second-order valence-corrected chi connectivity index (χ2v) is 2.21. The van der Waals surface area contributed by atoms with Crippen molar-refractivity contribution in [3.05, 3.63) is 0 Å². The summed E-state index contributed by atoms with van der Waals surface area (Å²) >= 11 is 4.01. The second kappa shape index (κ2) is 4.82. The quantitative estimate of drug-likeness (QED) is 0.566. The molecular formula is C6H13NOS. The Morgan fingerprint density at radius 2 is 2.33 bits per heavy atom. The normalized spacial score (nSPS) is 13.2. The zero-order chi connectivity index (χ0) is 7.28. The molecule has 0 aliphatic rings. The molecule has 1 N–H and O–H groups in total. The first-order valence-electron chi connectivity index (χ1n) is 3.07. The van der Waals surface area contributed by atoms with E-state index in [1.165, 1.54) is 0 Å². The molecule has 0 saturated heterocycles. The Morgan fingerprint density at radius 3 is 2.44 bits per heavy atom. The van der Waals surface area contributed by atoms with E-state index in [-0.39, 0.29) is 11.8 Å². The fourth-order valence-electron chi connectivity index (χ4n) is 0.600. The molecule has 0 unspecified atom stereocenters. The molecular weight excluding hydrogens is 134 g/mol. The molecule has 0 aromatic rings. The van der Waals surface area contributed by atoms with Crippen LogP contribution >= 0.6 is 12.6 Å². The maximum absolute atomic E-state index is 10.9. The molecule has 0 aromatic carbocycles. The van der Waals surface area contributed by atoms with E-state index in [0.717, 1.165) is 0 Å². The van der Waals surface area contributed by atoms with Crippen molar-refractivity contribution in [3.8, 4) is 0 Å². The molecule has 0 aliphatic carbocycles. The van der Waals surface area contributed by atoms with Gasteiger partial charge in [-0.2, -0.15) is 12.6 Å². The van der Waals surface area contributed by atoms with E-state index in [2.05, 4.69) is 17.9 Å². The van der Waals surface area contributed by atoms with E-state index in [9.17, 15) is 4.79 Å². The first-order chi connectivity index (χ1) is 4.26. The summed E-state index contributed by atoms with van der Waals surface area (Å²) in [5.74, 6) is 0.816. The third-order valence-corrected chi connectivity index (χ3v) is 1.63. The number of hydrogen-bond donors (Lipinski definition) is 2. The number of ketones is 1. The Balaban J connectivity index is 3.64. The number of likely N-dealkylation sites (N-methyl/N-ethyl adjacent to an activating group) is 1. The zero-order valence-corrected chi connectivity index (χ0v) is 6.74. The van der Waals surface area contributed by atoms with Gasteiger partial charge in [0.1, 0.15) is 5.78 Å². The monoisotopic (exact) mass is 147 g/mol. The van der Waals surface area contributed by atoms with Crippen molar-refractivity contribution in [2.75, 3.05) is 12.8 Å². The number of Topliss-reactive ketones (excluding diaryl/α,β-unsaturated/α-hetero) is 1. The highest BCUT2D eigenvalue weighted by molar-refractivity contribution is 7.80. The van der Waals surface area contributed by atoms with E-state index >= 15 is 0 Å². The van der Waals surface area contributed by atoms with Crippen molar-refractivity contribution >= 4 is 18.4 Å². The molecule has 0 aromatic heterocycles. The highest BCUT2D eigenvalue weighted by Gasteiger charge is 2.10. The summed E-state index contributed by atoms with van der Waals surface area (Å²) in [7, 11) is 1.77. The smallest absolute Gasteiger partial charge is 0.150 e. The number of hydrogen-bond acceptors (Lipinski definition) is 3. The zero-order valence-electron chi connectivity index (χ0n) is 5.85. The minimum Gasteiger partial charge on any atom is -0.310 e. The molecule has 0 saturated carbocycles. The van der Waals surface area contributed by atoms with Crippen LogP contribution in [0.15, 0.2) is 0 Å². The largest absolute Gasteiger partial charge is 0.310 e. The Kier molecular flexibility index (Phi) is 4.81. The first kappa shape index (κ1) is 8.98. The van der Waals surface area contributed by atoms with E-state index < -0.39 is 0 Å². The van der Waals surface area contributed by atoms with Gasteiger partial charge < -0.3 is 5.32 Å². The number of nitrogens with one attached hydrogen (secondary N) is 1. The standard InChI is InChI=1S/C6H13NOS/c1-3-6(8)5(4-9)7-2/h5,7,9H,3-4H2,1-2H3/t5-/m1/s1. The van der Waals surface area contributed by atoms with Crippen LogP contribution in [0.25, 0.3) is 0 Å². The van der Waals surface area contributed by atoms with Crippen molar-refractivity contribution in [1.82, 2.24) is 5.32 Å². The lowest BCUT2D eigenvalue weighted by Crippen LogP contribution is -2.35. The van der Waals surface area contributed by atoms with Crippen LogP contribution < -0.4 is 5.32 Å². The first-order valence-corrected chi connectivity index (χ1v) is 3.70. The summed E-state index contributed by atoms with van der Waals surface area (Å²) in [5.41, 5.74) is 0. The fraction of sp³-hybridized carbons (Fsp3) is 0.833. The molecule has 0 amide bonds. The lowest BCUT2D eigenvalue weighted by molar-refractivity contribution is -0.120. The molecule has 54 valence electrons. The Morgan fingerprint density at radius 1 is 1.78 bits per heavy atom. The summed E-state index contributed by atoms with van der Waals surface area (Å²) in [6.07, 6.45) is 0.589. The predicted octanol–water partition coefficient (Wildman–Crippen LogP) is 0.483. The van der Waals surface area contributed by atoms with Crippen LogP contribution in [0.3, 0.4) is 0 Å². The number of carbonyl (C=O) groups is 1. The van der Waals surface area contributed by atoms with Gasteiger partial charge in [-0.1, -0.05) is 6.92 Å². The Bertz CT molecular complexity index is 91.1. The molecule has 0 rings (SSSR count). The number of carbonyl (C=O) groups excluding carboxylic acids is 1. The van der Waals surface area contributed by atoms with Gasteiger partial charge in [0, 0.05) is 12.2 Å². The topological polar surface area (TPSA) is 29.1 Å². The third kappa shape index (κ3) is 2.87. The average Bonchev–Trinajstić information content (AvgIpc) is 1.90. The summed E-state index contributed by atoms with van der Waals surface area (Å²) in [4.78, 5) is 10.9. The molecule has 0 spiro atoms. The molecule has 0 fully saturated rings. The van der Waals surface area contributed by atoms with Crippen molar-refractivity contribution < 1.29 is 4.79 Å². The minimum absolute atomic E-state index is 0.0571. The number of rotatable bonds is 4. The van der Waals surface area contributed by atoms with E-state index in [1.807, 2.05) is 6.92 Å². The molecule has 0 bridgehead atoms. The summed E-state index contributed by atoms with van der Waals surface area (Å²) in [5, 5.41) is 2.88. The van der Waals surface area contributed by atoms with Crippen LogP contribution in [0, 0.1) is 0 Å². The lowest BCUT2D eigenvalue weighted by atomic mass is 10.2. The van der Waals surface area contributed by atoms with Crippen molar-refractivity contribution in [2.24, 2.45) is 0 Å². The Hall–Kier alpha value is -0.0200. The predicted molar refractivity (Wildman–Crippen MR) is 42.0 cm³/mol. The van der Waals surface area contributed by atoms with E-state index in [0.29, 0.717) is 12.2 Å². The van der Waals surface area contributed by atoms with Gasteiger partial charge >= 0.3 is 0 Å². The van der Waals surface area contributed by atoms with E-state index in [1.54, 1.807) is 7.05 Å². The lowest BCUT2D eigenvalue weighted by Gasteiger charge is -2.08. The molecule has 9 heavy (non-hydrogen) atoms. The minimum atomic E-state index is -0.0571. The van der Waals surface area contributed by atoms with Crippen molar-refractivity contribution in [2.45, 2.75) is 19.4 Å². The summed E-state index contributed by atoms with van der Waals surface area (Å²) < 4.78 is 0. The summed E-state index contributed by atoms with van der Waals surface area (Å²) in [6.45, 7) is 1.86. The molecule has 3 heteroatoms. The Labute approximate surface area is 61.4 Å². The van der Waals surface area contributed by atoms with Crippen molar-refractivity contribution in [1.29, 1.82) is 0 Å². The van der Waals surface area contributed by atoms with E-state index in [4.69, 9.17) is 0 Å². The van der Waals surface area contributed by atoms with Crippen molar-refractivity contribution in [3.63, 3.8) is 0 Å². The average molecular weight is 147 g/mol. The number of thiol groups is 1. The van der Waals surface area contributed by atoms with Crippen LogP contribution in [0.5, 0.6) is 0 Å². The van der Waals surface area contributed by atoms with Gasteiger partial charge in [-0.25, -0.2) is 0 Å². The fourth-order valence-corrected chi connectivity index (χ4v) is 0.987. The van der Waals surface area contributed by atoms with Crippen LogP contribution in [0.2, 0.25) is 0 Å². The van der Waals surface area contributed by atoms with Gasteiger partial charge in [-0.05, 0) is 7.05 Å². The van der Waals surface area contributed by atoms with Gasteiger partial charge in [0.15, 0.2) is 0 Å². The van der Waals surface area contributed by atoms with Gasteiger partial charge in [-0.15, -0.1) is 0 Å². The molecule has 0 aliphatic heterocycles. The second-order valence-electron chi connectivity index (χ2n) is 1.84. The highest BCUT2D eigenvalue weighted by atomic mass is 32.1.